The summed E-state index contributed by atoms with van der Waals surface area (Å²) in [7, 11) is 0. The summed E-state index contributed by atoms with van der Waals surface area (Å²) < 4.78 is 0. The highest BCUT2D eigenvalue weighted by Gasteiger charge is 2.27. The van der Waals surface area contributed by atoms with E-state index in [9.17, 15) is 0 Å². The van der Waals surface area contributed by atoms with Gasteiger partial charge in [-0.1, -0.05) is 6.92 Å². The first kappa shape index (κ1) is 8.27. The monoisotopic (exact) mass is 181 g/mol. The second kappa shape index (κ2) is 3.19. The molecule has 0 spiro atoms. The SMILES string of the molecule is CCC(N)C1CCc2sccc21. The van der Waals surface area contributed by atoms with E-state index in [1.165, 1.54) is 18.4 Å². The summed E-state index contributed by atoms with van der Waals surface area (Å²) in [5.74, 6) is 0.649. The predicted molar refractivity (Wildman–Crippen MR) is 53.6 cm³/mol. The lowest BCUT2D eigenvalue weighted by atomic mass is 9.94. The zero-order chi connectivity index (χ0) is 8.55. The van der Waals surface area contributed by atoms with Crippen molar-refractivity contribution in [3.8, 4) is 0 Å². The number of fused-ring (bicyclic) bond motifs is 1. The van der Waals surface area contributed by atoms with Crippen LogP contribution in [0.3, 0.4) is 0 Å². The Bertz CT molecular complexity index is 267. The van der Waals surface area contributed by atoms with Crippen LogP contribution in [0.4, 0.5) is 0 Å². The van der Waals surface area contributed by atoms with Crippen LogP contribution < -0.4 is 5.73 Å². The Hall–Kier alpha value is -0.340. The second-order valence-electron chi connectivity index (χ2n) is 3.52. The van der Waals surface area contributed by atoms with Gasteiger partial charge in [0.1, 0.15) is 0 Å². The molecule has 0 radical (unpaired) electrons. The Labute approximate surface area is 77.6 Å². The predicted octanol–water partition coefficient (Wildman–Crippen LogP) is 2.52. The number of nitrogens with two attached hydrogens (primary N) is 1. The molecule has 2 unspecified atom stereocenters. The molecule has 0 amide bonds. The Morgan fingerprint density at radius 2 is 2.58 bits per heavy atom. The molecule has 12 heavy (non-hydrogen) atoms. The molecule has 1 aliphatic rings. The van der Waals surface area contributed by atoms with Gasteiger partial charge in [-0.25, -0.2) is 0 Å². The standard InChI is InChI=1S/C10H15NS/c1-2-9(11)7-3-4-10-8(7)5-6-12-10/h5-7,9H,2-4,11H2,1H3. The fraction of sp³-hybridized carbons (Fsp3) is 0.600. The van der Waals surface area contributed by atoms with Gasteiger partial charge in [-0.05, 0) is 36.3 Å². The first-order valence-electron chi connectivity index (χ1n) is 4.64. The lowest BCUT2D eigenvalue weighted by Crippen LogP contribution is -2.25. The van der Waals surface area contributed by atoms with E-state index in [1.54, 1.807) is 4.88 Å². The van der Waals surface area contributed by atoms with E-state index in [4.69, 9.17) is 5.73 Å². The van der Waals surface area contributed by atoms with Crippen molar-refractivity contribution in [2.45, 2.75) is 38.1 Å². The zero-order valence-corrected chi connectivity index (χ0v) is 8.23. The fourth-order valence-corrected chi connectivity index (χ4v) is 3.03. The van der Waals surface area contributed by atoms with Crippen LogP contribution in [-0.2, 0) is 6.42 Å². The molecule has 0 aromatic carbocycles. The summed E-state index contributed by atoms with van der Waals surface area (Å²) in [6.07, 6.45) is 3.63. The first-order chi connectivity index (χ1) is 5.83. The third-order valence-electron chi connectivity index (χ3n) is 2.85. The fourth-order valence-electron chi connectivity index (χ4n) is 2.06. The van der Waals surface area contributed by atoms with E-state index in [-0.39, 0.29) is 0 Å². The van der Waals surface area contributed by atoms with E-state index in [2.05, 4.69) is 18.4 Å². The van der Waals surface area contributed by atoms with Gasteiger partial charge < -0.3 is 5.73 Å². The van der Waals surface area contributed by atoms with Crippen LogP contribution in [0.1, 0.15) is 36.1 Å². The van der Waals surface area contributed by atoms with E-state index < -0.39 is 0 Å². The molecule has 66 valence electrons. The largest absolute Gasteiger partial charge is 0.327 e. The molecular weight excluding hydrogens is 166 g/mol. The molecule has 0 saturated heterocycles. The summed E-state index contributed by atoms with van der Waals surface area (Å²) >= 11 is 1.89. The first-order valence-corrected chi connectivity index (χ1v) is 5.52. The van der Waals surface area contributed by atoms with E-state index in [0.717, 1.165) is 6.42 Å². The van der Waals surface area contributed by atoms with E-state index in [1.807, 2.05) is 11.3 Å². The molecule has 0 aliphatic heterocycles. The summed E-state index contributed by atoms with van der Waals surface area (Å²) in [6, 6.07) is 2.63. The van der Waals surface area contributed by atoms with Gasteiger partial charge in [-0.2, -0.15) is 0 Å². The van der Waals surface area contributed by atoms with Gasteiger partial charge in [0.15, 0.2) is 0 Å². The summed E-state index contributed by atoms with van der Waals surface area (Å²) in [6.45, 7) is 2.18. The van der Waals surface area contributed by atoms with Crippen LogP contribution in [0.15, 0.2) is 11.4 Å². The Morgan fingerprint density at radius 1 is 1.75 bits per heavy atom. The van der Waals surface area contributed by atoms with E-state index >= 15 is 0 Å². The van der Waals surface area contributed by atoms with Gasteiger partial charge in [-0.3, -0.25) is 0 Å². The molecule has 1 heterocycles. The molecular formula is C10H15NS. The Kier molecular flexibility index (Phi) is 2.20. The van der Waals surface area contributed by atoms with Crippen molar-refractivity contribution in [1.29, 1.82) is 0 Å². The highest BCUT2D eigenvalue weighted by atomic mass is 32.1. The highest BCUT2D eigenvalue weighted by Crippen LogP contribution is 2.38. The molecule has 1 nitrogen and oxygen atoms in total. The van der Waals surface area contributed by atoms with Gasteiger partial charge in [0.05, 0.1) is 0 Å². The smallest absolute Gasteiger partial charge is 0.0106 e. The number of thiophene rings is 1. The molecule has 2 atom stereocenters. The minimum atomic E-state index is 0.376. The molecule has 2 heteroatoms. The lowest BCUT2D eigenvalue weighted by molar-refractivity contribution is 0.515. The number of hydrogen-bond acceptors (Lipinski definition) is 2. The maximum absolute atomic E-state index is 6.06. The number of aryl methyl sites for hydroxylation is 1. The van der Waals surface area contributed by atoms with Crippen LogP contribution in [0.2, 0.25) is 0 Å². The van der Waals surface area contributed by atoms with Crippen molar-refractivity contribution in [1.82, 2.24) is 0 Å². The Balaban J connectivity index is 2.22. The molecule has 0 bridgehead atoms. The van der Waals surface area contributed by atoms with Crippen LogP contribution in [0.5, 0.6) is 0 Å². The van der Waals surface area contributed by atoms with Crippen LogP contribution >= 0.6 is 11.3 Å². The average Bonchev–Trinajstić information content (AvgIpc) is 2.62. The van der Waals surface area contributed by atoms with Crippen molar-refractivity contribution in [2.75, 3.05) is 0 Å². The maximum atomic E-state index is 6.06. The average molecular weight is 181 g/mol. The second-order valence-corrected chi connectivity index (χ2v) is 4.52. The van der Waals surface area contributed by atoms with Crippen LogP contribution in [-0.4, -0.2) is 6.04 Å². The highest BCUT2D eigenvalue weighted by molar-refractivity contribution is 7.10. The zero-order valence-electron chi connectivity index (χ0n) is 7.42. The molecule has 2 N–H and O–H groups in total. The minimum absolute atomic E-state index is 0.376. The quantitative estimate of drug-likeness (QED) is 0.745. The van der Waals surface area contributed by atoms with Gasteiger partial charge >= 0.3 is 0 Å². The van der Waals surface area contributed by atoms with Gasteiger partial charge in [-0.15, -0.1) is 11.3 Å². The minimum Gasteiger partial charge on any atom is -0.327 e. The summed E-state index contributed by atoms with van der Waals surface area (Å²) in [5, 5.41) is 2.19. The molecule has 1 aliphatic carbocycles. The van der Waals surface area contributed by atoms with Gasteiger partial charge in [0.2, 0.25) is 0 Å². The summed E-state index contributed by atoms with van der Waals surface area (Å²) in [5.41, 5.74) is 7.59. The molecule has 2 rings (SSSR count). The third kappa shape index (κ3) is 1.19. The summed E-state index contributed by atoms with van der Waals surface area (Å²) in [4.78, 5) is 1.57. The van der Waals surface area contributed by atoms with Crippen molar-refractivity contribution in [3.05, 3.63) is 21.9 Å². The Morgan fingerprint density at radius 3 is 3.33 bits per heavy atom. The lowest BCUT2D eigenvalue weighted by Gasteiger charge is -2.17. The molecule has 1 aromatic heterocycles. The van der Waals surface area contributed by atoms with Crippen molar-refractivity contribution >= 4 is 11.3 Å². The molecule has 0 saturated carbocycles. The van der Waals surface area contributed by atoms with E-state index in [0.29, 0.717) is 12.0 Å². The number of rotatable bonds is 2. The van der Waals surface area contributed by atoms with Crippen molar-refractivity contribution < 1.29 is 0 Å². The number of hydrogen-bond donors (Lipinski definition) is 1. The topological polar surface area (TPSA) is 26.0 Å². The van der Waals surface area contributed by atoms with Gasteiger partial charge in [0, 0.05) is 16.8 Å². The maximum Gasteiger partial charge on any atom is 0.0106 e. The third-order valence-corrected chi connectivity index (χ3v) is 3.85. The van der Waals surface area contributed by atoms with Gasteiger partial charge in [0.25, 0.3) is 0 Å². The molecule has 1 aromatic rings. The van der Waals surface area contributed by atoms with Crippen molar-refractivity contribution in [2.24, 2.45) is 5.73 Å². The van der Waals surface area contributed by atoms with Crippen LogP contribution in [0.25, 0.3) is 0 Å². The van der Waals surface area contributed by atoms with Crippen molar-refractivity contribution in [3.63, 3.8) is 0 Å². The molecule has 0 fully saturated rings. The van der Waals surface area contributed by atoms with Crippen LogP contribution in [0, 0.1) is 0 Å². The normalized spacial score (nSPS) is 24.0.